The maximum Gasteiger partial charge on any atom is 0.143 e. The summed E-state index contributed by atoms with van der Waals surface area (Å²) in [7, 11) is 4.02. The third-order valence-electron chi connectivity index (χ3n) is 2.86. The molecule has 0 aliphatic carbocycles. The molecule has 0 spiro atoms. The molecule has 2 rings (SSSR count). The van der Waals surface area contributed by atoms with Crippen LogP contribution in [0.2, 0.25) is 5.02 Å². The van der Waals surface area contributed by atoms with Crippen molar-refractivity contribution in [2.45, 2.75) is 6.61 Å². The van der Waals surface area contributed by atoms with E-state index in [0.717, 1.165) is 16.8 Å². The van der Waals surface area contributed by atoms with Gasteiger partial charge in [-0.3, -0.25) is 0 Å². The maximum atomic E-state index is 6.03. The van der Waals surface area contributed by atoms with E-state index in [1.165, 1.54) is 0 Å². The second kappa shape index (κ2) is 6.96. The summed E-state index contributed by atoms with van der Waals surface area (Å²) < 4.78 is 0. The quantitative estimate of drug-likeness (QED) is 0.614. The van der Waals surface area contributed by atoms with E-state index in [-0.39, 0.29) is 0 Å². The van der Waals surface area contributed by atoms with Gasteiger partial charge >= 0.3 is 0 Å². The molecule has 2 aromatic rings. The number of oxime groups is 1. The van der Waals surface area contributed by atoms with Gasteiger partial charge in [-0.25, -0.2) is 0 Å². The molecule has 2 aromatic carbocycles. The fourth-order valence-electron chi connectivity index (χ4n) is 1.68. The number of hydrogen-bond donors (Lipinski definition) is 0. The average Bonchev–Trinajstić information content (AvgIpc) is 2.46. The maximum absolute atomic E-state index is 6.03. The number of anilines is 1. The number of rotatable bonds is 5. The Labute approximate surface area is 124 Å². The zero-order valence-corrected chi connectivity index (χ0v) is 12.3. The zero-order valence-electron chi connectivity index (χ0n) is 11.6. The van der Waals surface area contributed by atoms with Gasteiger partial charge in [0, 0.05) is 30.4 Å². The van der Waals surface area contributed by atoms with Crippen LogP contribution in [0.1, 0.15) is 11.1 Å². The van der Waals surface area contributed by atoms with Gasteiger partial charge in [0.05, 0.1) is 6.21 Å². The first-order valence-electron chi connectivity index (χ1n) is 6.33. The van der Waals surface area contributed by atoms with Gasteiger partial charge in [-0.15, -0.1) is 0 Å². The molecular formula is C16H17ClN2O. The summed E-state index contributed by atoms with van der Waals surface area (Å²) in [5.74, 6) is 0. The molecule has 104 valence electrons. The molecule has 0 atom stereocenters. The lowest BCUT2D eigenvalue weighted by Crippen LogP contribution is -2.08. The minimum Gasteiger partial charge on any atom is -0.391 e. The van der Waals surface area contributed by atoms with Crippen molar-refractivity contribution >= 4 is 23.5 Å². The van der Waals surface area contributed by atoms with Gasteiger partial charge in [0.1, 0.15) is 6.61 Å². The van der Waals surface area contributed by atoms with Gasteiger partial charge in [-0.1, -0.05) is 47.1 Å². The molecule has 0 saturated carbocycles. The number of benzene rings is 2. The first-order valence-corrected chi connectivity index (χ1v) is 6.71. The Balaban J connectivity index is 1.89. The van der Waals surface area contributed by atoms with Crippen LogP contribution < -0.4 is 4.90 Å². The summed E-state index contributed by atoms with van der Waals surface area (Å²) in [6.45, 7) is 0.367. The van der Waals surface area contributed by atoms with Gasteiger partial charge in [0.15, 0.2) is 0 Å². The highest BCUT2D eigenvalue weighted by Crippen LogP contribution is 2.15. The van der Waals surface area contributed by atoms with Crippen molar-refractivity contribution in [2.75, 3.05) is 19.0 Å². The van der Waals surface area contributed by atoms with Crippen LogP contribution in [0.15, 0.2) is 53.7 Å². The standard InChI is InChI=1S/C16H17ClN2O/c1-19(2)15-9-7-13(8-10-15)11-18-20-12-14-5-3-4-6-16(14)17/h3-11H,12H2,1-2H3/b18-11+. The lowest BCUT2D eigenvalue weighted by Gasteiger charge is -2.11. The van der Waals surface area contributed by atoms with E-state index < -0.39 is 0 Å². The highest BCUT2D eigenvalue weighted by Gasteiger charge is 1.98. The summed E-state index contributed by atoms with van der Waals surface area (Å²) in [5, 5.41) is 4.65. The number of halogens is 1. The van der Waals surface area contributed by atoms with E-state index in [2.05, 4.69) is 10.1 Å². The van der Waals surface area contributed by atoms with Crippen molar-refractivity contribution in [3.05, 3.63) is 64.7 Å². The normalized spacial score (nSPS) is 10.8. The molecule has 0 bridgehead atoms. The van der Waals surface area contributed by atoms with Gasteiger partial charge < -0.3 is 9.74 Å². The van der Waals surface area contributed by atoms with Crippen molar-refractivity contribution in [3.8, 4) is 0 Å². The van der Waals surface area contributed by atoms with E-state index in [4.69, 9.17) is 16.4 Å². The smallest absolute Gasteiger partial charge is 0.143 e. The molecule has 0 heterocycles. The number of hydrogen-bond acceptors (Lipinski definition) is 3. The van der Waals surface area contributed by atoms with Crippen molar-refractivity contribution in [2.24, 2.45) is 5.16 Å². The highest BCUT2D eigenvalue weighted by molar-refractivity contribution is 6.31. The van der Waals surface area contributed by atoms with Crippen LogP contribution in [0.4, 0.5) is 5.69 Å². The SMILES string of the molecule is CN(C)c1ccc(/C=N/OCc2ccccc2Cl)cc1. The van der Waals surface area contributed by atoms with Crippen molar-refractivity contribution in [1.82, 2.24) is 0 Å². The van der Waals surface area contributed by atoms with Crippen LogP contribution in [0.3, 0.4) is 0 Å². The van der Waals surface area contributed by atoms with E-state index in [1.807, 2.05) is 62.6 Å². The van der Waals surface area contributed by atoms with Crippen LogP contribution in [-0.4, -0.2) is 20.3 Å². The lowest BCUT2D eigenvalue weighted by molar-refractivity contribution is 0.132. The molecule has 0 amide bonds. The lowest BCUT2D eigenvalue weighted by atomic mass is 10.2. The monoisotopic (exact) mass is 288 g/mol. The minimum atomic E-state index is 0.367. The Morgan fingerprint density at radius 1 is 1.10 bits per heavy atom. The molecule has 3 nitrogen and oxygen atoms in total. The van der Waals surface area contributed by atoms with Gasteiger partial charge in [-0.05, 0) is 23.8 Å². The van der Waals surface area contributed by atoms with Crippen molar-refractivity contribution in [1.29, 1.82) is 0 Å². The van der Waals surface area contributed by atoms with E-state index in [0.29, 0.717) is 11.6 Å². The third kappa shape index (κ3) is 4.00. The molecule has 4 heteroatoms. The molecule has 0 radical (unpaired) electrons. The predicted octanol–water partition coefficient (Wildman–Crippen LogP) is 3.96. The van der Waals surface area contributed by atoms with E-state index >= 15 is 0 Å². The molecule has 0 fully saturated rings. The zero-order chi connectivity index (χ0) is 14.4. The van der Waals surface area contributed by atoms with Crippen LogP contribution >= 0.6 is 11.6 Å². The second-order valence-electron chi connectivity index (χ2n) is 4.59. The van der Waals surface area contributed by atoms with Crippen molar-refractivity contribution in [3.63, 3.8) is 0 Å². The highest BCUT2D eigenvalue weighted by atomic mass is 35.5. The first kappa shape index (κ1) is 14.4. The van der Waals surface area contributed by atoms with Crippen molar-refractivity contribution < 1.29 is 4.84 Å². The summed E-state index contributed by atoms with van der Waals surface area (Å²) >= 11 is 6.03. The topological polar surface area (TPSA) is 24.8 Å². The predicted molar refractivity (Wildman–Crippen MR) is 84.6 cm³/mol. The van der Waals surface area contributed by atoms with Gasteiger partial charge in [-0.2, -0.15) is 0 Å². The first-order chi connectivity index (χ1) is 9.66. The molecular weight excluding hydrogens is 272 g/mol. The Morgan fingerprint density at radius 3 is 2.45 bits per heavy atom. The second-order valence-corrected chi connectivity index (χ2v) is 4.99. The fourth-order valence-corrected chi connectivity index (χ4v) is 1.87. The van der Waals surface area contributed by atoms with E-state index in [1.54, 1.807) is 6.21 Å². The summed E-state index contributed by atoms with van der Waals surface area (Å²) in [6, 6.07) is 15.6. The average molecular weight is 289 g/mol. The molecule has 0 unspecified atom stereocenters. The Kier molecular flexibility index (Phi) is 5.02. The van der Waals surface area contributed by atoms with Crippen LogP contribution in [0.25, 0.3) is 0 Å². The summed E-state index contributed by atoms with van der Waals surface area (Å²) in [6.07, 6.45) is 1.69. The summed E-state index contributed by atoms with van der Waals surface area (Å²) in [4.78, 5) is 7.31. The van der Waals surface area contributed by atoms with Crippen LogP contribution in [-0.2, 0) is 11.4 Å². The molecule has 0 aliphatic heterocycles. The van der Waals surface area contributed by atoms with Crippen LogP contribution in [0, 0.1) is 0 Å². The molecule has 0 aromatic heterocycles. The van der Waals surface area contributed by atoms with Crippen LogP contribution in [0.5, 0.6) is 0 Å². The van der Waals surface area contributed by atoms with Gasteiger partial charge in [0.25, 0.3) is 0 Å². The third-order valence-corrected chi connectivity index (χ3v) is 3.23. The largest absolute Gasteiger partial charge is 0.391 e. The minimum absolute atomic E-state index is 0.367. The van der Waals surface area contributed by atoms with E-state index in [9.17, 15) is 0 Å². The Bertz CT molecular complexity index is 579. The molecule has 0 saturated heterocycles. The Hall–Kier alpha value is -2.00. The molecule has 20 heavy (non-hydrogen) atoms. The number of nitrogens with zero attached hydrogens (tertiary/aromatic N) is 2. The molecule has 0 N–H and O–H groups in total. The summed E-state index contributed by atoms with van der Waals surface area (Å²) in [5.41, 5.74) is 3.07. The van der Waals surface area contributed by atoms with Gasteiger partial charge in [0.2, 0.25) is 0 Å². The Morgan fingerprint density at radius 2 is 1.80 bits per heavy atom. The fraction of sp³-hybridized carbons (Fsp3) is 0.188. The molecule has 0 aliphatic rings.